The largest absolute Gasteiger partial charge is 0.365 e. The number of halogens is 1. The van der Waals surface area contributed by atoms with Crippen molar-refractivity contribution >= 4 is 40.2 Å². The van der Waals surface area contributed by atoms with Crippen LogP contribution < -0.4 is 10.9 Å². The number of thioether (sulfide) groups is 1. The monoisotopic (exact) mass is 337 g/mol. The number of aromatic nitrogens is 2. The molecule has 1 aromatic rings. The first-order valence-electron chi connectivity index (χ1n) is 4.78. The lowest BCUT2D eigenvalue weighted by atomic mass is 10.2. The van der Waals surface area contributed by atoms with Crippen molar-refractivity contribution in [2.45, 2.75) is 24.6 Å². The van der Waals surface area contributed by atoms with Gasteiger partial charge >= 0.3 is 0 Å². The van der Waals surface area contributed by atoms with Crippen molar-refractivity contribution in [2.75, 3.05) is 11.1 Å². The van der Waals surface area contributed by atoms with E-state index >= 15 is 0 Å². The zero-order valence-electron chi connectivity index (χ0n) is 8.29. The molecule has 0 aliphatic carbocycles. The molecule has 0 amide bonds. The number of nitrogens with zero attached hydrogens (tertiary/aromatic N) is 1. The molecule has 0 saturated carbocycles. The minimum Gasteiger partial charge on any atom is -0.365 e. The van der Waals surface area contributed by atoms with Gasteiger partial charge in [0.15, 0.2) is 0 Å². The normalized spacial score (nSPS) is 25.5. The highest BCUT2D eigenvalue weighted by Crippen LogP contribution is 2.28. The van der Waals surface area contributed by atoms with Crippen molar-refractivity contribution < 1.29 is 0 Å². The van der Waals surface area contributed by atoms with Crippen LogP contribution in [0.3, 0.4) is 0 Å². The first-order valence-corrected chi connectivity index (χ1v) is 6.91. The van der Waals surface area contributed by atoms with Crippen LogP contribution in [0.25, 0.3) is 0 Å². The van der Waals surface area contributed by atoms with Gasteiger partial charge in [0.2, 0.25) is 0 Å². The summed E-state index contributed by atoms with van der Waals surface area (Å²) in [5, 5.41) is 4.02. The summed E-state index contributed by atoms with van der Waals surface area (Å²) >= 11 is 3.98. The van der Waals surface area contributed by atoms with Gasteiger partial charge in [-0.15, -0.1) is 0 Å². The summed E-state index contributed by atoms with van der Waals surface area (Å²) in [4.78, 5) is 18.0. The predicted molar refractivity (Wildman–Crippen MR) is 71.5 cm³/mol. The number of nitrogens with one attached hydrogen (secondary N) is 2. The second-order valence-electron chi connectivity index (χ2n) is 3.62. The summed E-state index contributed by atoms with van der Waals surface area (Å²) in [5.41, 5.74) is -0.0770. The Kier molecular flexibility index (Phi) is 3.55. The van der Waals surface area contributed by atoms with Crippen LogP contribution in [0.5, 0.6) is 0 Å². The van der Waals surface area contributed by atoms with Crippen LogP contribution in [0.15, 0.2) is 11.1 Å². The topological polar surface area (TPSA) is 57.8 Å². The van der Waals surface area contributed by atoms with E-state index in [2.05, 4.69) is 22.2 Å². The molecule has 0 spiro atoms. The Bertz CT molecular complexity index is 409. The van der Waals surface area contributed by atoms with Crippen LogP contribution in [0.4, 0.5) is 5.82 Å². The van der Waals surface area contributed by atoms with Crippen molar-refractivity contribution in [3.05, 3.63) is 20.3 Å². The van der Waals surface area contributed by atoms with E-state index in [1.807, 2.05) is 34.4 Å². The fourth-order valence-corrected chi connectivity index (χ4v) is 3.19. The van der Waals surface area contributed by atoms with Gasteiger partial charge in [0.25, 0.3) is 5.56 Å². The lowest BCUT2D eigenvalue weighted by Gasteiger charge is -2.12. The van der Waals surface area contributed by atoms with Crippen LogP contribution in [-0.4, -0.2) is 27.0 Å². The van der Waals surface area contributed by atoms with Gasteiger partial charge in [0.1, 0.15) is 9.39 Å². The van der Waals surface area contributed by atoms with E-state index in [-0.39, 0.29) is 5.56 Å². The van der Waals surface area contributed by atoms with Crippen LogP contribution >= 0.6 is 34.4 Å². The molecule has 15 heavy (non-hydrogen) atoms. The molecule has 0 aromatic carbocycles. The summed E-state index contributed by atoms with van der Waals surface area (Å²) in [6, 6.07) is 0.438. The molecular weight excluding hydrogens is 325 g/mol. The highest BCUT2D eigenvalue weighted by atomic mass is 127. The zero-order chi connectivity index (χ0) is 10.8. The molecule has 1 aromatic heterocycles. The minimum atomic E-state index is -0.0770. The molecule has 1 aliphatic heterocycles. The second kappa shape index (κ2) is 4.73. The SMILES string of the molecule is CC1CC(Nc2nc[nH]c(=O)c2I)CS1. The van der Waals surface area contributed by atoms with Gasteiger partial charge in [-0.25, -0.2) is 4.98 Å². The molecule has 2 N–H and O–H groups in total. The molecule has 2 heterocycles. The average molecular weight is 337 g/mol. The first kappa shape index (κ1) is 11.3. The Labute approximate surface area is 106 Å². The van der Waals surface area contributed by atoms with E-state index in [1.54, 1.807) is 0 Å². The highest BCUT2D eigenvalue weighted by Gasteiger charge is 2.22. The standard InChI is InChI=1S/C9H12IN3OS/c1-5-2-6(3-15-5)13-8-7(10)9(14)12-4-11-8/h4-6H,2-3H2,1H3,(H2,11,12,13,14). The average Bonchev–Trinajstić information content (AvgIpc) is 2.59. The lowest BCUT2D eigenvalue weighted by Crippen LogP contribution is -2.23. The summed E-state index contributed by atoms with van der Waals surface area (Å²) in [7, 11) is 0. The molecule has 6 heteroatoms. The maximum absolute atomic E-state index is 11.3. The smallest absolute Gasteiger partial charge is 0.266 e. The first-order chi connectivity index (χ1) is 7.16. The predicted octanol–water partition coefficient (Wildman–Crippen LogP) is 1.68. The van der Waals surface area contributed by atoms with Gasteiger partial charge in [-0.2, -0.15) is 11.8 Å². The lowest BCUT2D eigenvalue weighted by molar-refractivity contribution is 0.741. The molecule has 1 aliphatic rings. The Morgan fingerprint density at radius 3 is 3.20 bits per heavy atom. The van der Waals surface area contributed by atoms with E-state index in [0.717, 1.165) is 12.2 Å². The molecule has 0 radical (unpaired) electrons. The maximum atomic E-state index is 11.3. The molecule has 4 nitrogen and oxygen atoms in total. The van der Waals surface area contributed by atoms with Crippen molar-refractivity contribution in [3.8, 4) is 0 Å². The van der Waals surface area contributed by atoms with Crippen LogP contribution in [0, 0.1) is 3.57 Å². The van der Waals surface area contributed by atoms with Gasteiger partial charge in [-0.3, -0.25) is 4.79 Å². The number of rotatable bonds is 2. The Hall–Kier alpha value is -0.240. The number of anilines is 1. The Morgan fingerprint density at radius 1 is 1.73 bits per heavy atom. The molecule has 2 unspecified atom stereocenters. The summed E-state index contributed by atoms with van der Waals surface area (Å²) < 4.78 is 0.639. The molecule has 1 saturated heterocycles. The zero-order valence-corrected chi connectivity index (χ0v) is 11.3. The van der Waals surface area contributed by atoms with Crippen molar-refractivity contribution in [1.82, 2.24) is 9.97 Å². The molecule has 2 atom stereocenters. The highest BCUT2D eigenvalue weighted by molar-refractivity contribution is 14.1. The van der Waals surface area contributed by atoms with Gasteiger partial charge in [-0.1, -0.05) is 6.92 Å². The van der Waals surface area contributed by atoms with E-state index < -0.39 is 0 Å². The van der Waals surface area contributed by atoms with Crippen molar-refractivity contribution in [1.29, 1.82) is 0 Å². The molecule has 1 fully saturated rings. The fraction of sp³-hybridized carbons (Fsp3) is 0.556. The van der Waals surface area contributed by atoms with Crippen LogP contribution in [-0.2, 0) is 0 Å². The third kappa shape index (κ3) is 2.66. The summed E-state index contributed by atoms with van der Waals surface area (Å²) in [6.45, 7) is 2.22. The van der Waals surface area contributed by atoms with E-state index in [1.165, 1.54) is 6.33 Å². The van der Waals surface area contributed by atoms with Gasteiger partial charge < -0.3 is 10.3 Å². The minimum absolute atomic E-state index is 0.0770. The third-order valence-corrected chi connectivity index (χ3v) is 4.69. The number of hydrogen-bond acceptors (Lipinski definition) is 4. The maximum Gasteiger partial charge on any atom is 0.266 e. The second-order valence-corrected chi connectivity index (χ2v) is 6.17. The Morgan fingerprint density at radius 2 is 2.53 bits per heavy atom. The molecular formula is C9H12IN3OS. The number of aromatic amines is 1. The summed E-state index contributed by atoms with van der Waals surface area (Å²) in [5.74, 6) is 1.80. The van der Waals surface area contributed by atoms with Gasteiger partial charge in [0.05, 0.1) is 6.33 Å². The van der Waals surface area contributed by atoms with Gasteiger partial charge in [-0.05, 0) is 29.0 Å². The molecule has 82 valence electrons. The van der Waals surface area contributed by atoms with Crippen molar-refractivity contribution in [2.24, 2.45) is 0 Å². The van der Waals surface area contributed by atoms with Crippen LogP contribution in [0.2, 0.25) is 0 Å². The van der Waals surface area contributed by atoms with Crippen molar-refractivity contribution in [3.63, 3.8) is 0 Å². The quantitative estimate of drug-likeness (QED) is 0.807. The number of hydrogen-bond donors (Lipinski definition) is 2. The van der Waals surface area contributed by atoms with Gasteiger partial charge in [0, 0.05) is 17.0 Å². The van der Waals surface area contributed by atoms with E-state index in [9.17, 15) is 4.79 Å². The number of H-pyrrole nitrogens is 1. The third-order valence-electron chi connectivity index (χ3n) is 2.34. The molecule has 0 bridgehead atoms. The van der Waals surface area contributed by atoms with E-state index in [4.69, 9.17) is 0 Å². The van der Waals surface area contributed by atoms with E-state index in [0.29, 0.717) is 20.7 Å². The molecule has 2 rings (SSSR count). The fourth-order valence-electron chi connectivity index (χ4n) is 1.59. The Balaban J connectivity index is 2.11. The van der Waals surface area contributed by atoms with Crippen LogP contribution in [0.1, 0.15) is 13.3 Å². The summed E-state index contributed by atoms with van der Waals surface area (Å²) in [6.07, 6.45) is 2.58.